The number of halogens is 2. The summed E-state index contributed by atoms with van der Waals surface area (Å²) in [6, 6.07) is 5.37. The van der Waals surface area contributed by atoms with E-state index in [4.69, 9.17) is 16.3 Å². The maximum atomic E-state index is 12.9. The van der Waals surface area contributed by atoms with Crippen LogP contribution in [0.2, 0.25) is 5.02 Å². The van der Waals surface area contributed by atoms with Crippen molar-refractivity contribution in [3.63, 3.8) is 0 Å². The van der Waals surface area contributed by atoms with Crippen LogP contribution in [-0.4, -0.2) is 22.3 Å². The van der Waals surface area contributed by atoms with Crippen molar-refractivity contribution in [3.05, 3.63) is 39.4 Å². The van der Waals surface area contributed by atoms with Gasteiger partial charge in [0.1, 0.15) is 5.82 Å². The maximum absolute atomic E-state index is 12.9. The molecule has 2 unspecified atom stereocenters. The first-order valence-electron chi connectivity index (χ1n) is 7.52. The van der Waals surface area contributed by atoms with Gasteiger partial charge in [-0.3, -0.25) is 9.36 Å². The molecule has 2 atom stereocenters. The van der Waals surface area contributed by atoms with Crippen LogP contribution in [0.4, 0.5) is 0 Å². The van der Waals surface area contributed by atoms with Gasteiger partial charge in [0, 0.05) is 13.2 Å². The molecule has 118 valence electrons. The lowest BCUT2D eigenvalue weighted by molar-refractivity contribution is 0.0998. The highest BCUT2D eigenvalue weighted by Crippen LogP contribution is 2.25. The van der Waals surface area contributed by atoms with E-state index < -0.39 is 0 Å². The quantitative estimate of drug-likeness (QED) is 0.745. The fourth-order valence-electron chi connectivity index (χ4n) is 2.91. The Bertz CT molecular complexity index is 739. The third kappa shape index (κ3) is 3.07. The second-order valence-electron chi connectivity index (χ2n) is 5.60. The number of hydrogen-bond acceptors (Lipinski definition) is 3. The van der Waals surface area contributed by atoms with E-state index in [1.165, 1.54) is 0 Å². The first-order valence-corrected chi connectivity index (χ1v) is 8.82. The minimum atomic E-state index is -0.0742. The number of fused-ring (bicyclic) bond motifs is 1. The molecule has 1 aromatic heterocycles. The second kappa shape index (κ2) is 6.69. The Balaban J connectivity index is 2.05. The van der Waals surface area contributed by atoms with Gasteiger partial charge in [-0.15, -0.1) is 0 Å². The Labute approximate surface area is 142 Å². The van der Waals surface area contributed by atoms with Crippen molar-refractivity contribution < 1.29 is 4.74 Å². The molecular weight excluding hydrogens is 368 g/mol. The van der Waals surface area contributed by atoms with Gasteiger partial charge in [-0.25, -0.2) is 4.98 Å². The fraction of sp³-hybridized carbons (Fsp3) is 0.500. The SMILES string of the molecule is CC(Br)c1nc2cccc(Cl)c2c(=O)n1CCC1CCCO1. The van der Waals surface area contributed by atoms with E-state index in [-0.39, 0.29) is 16.5 Å². The molecule has 4 nitrogen and oxygen atoms in total. The number of nitrogens with zero attached hydrogens (tertiary/aromatic N) is 2. The van der Waals surface area contributed by atoms with Crippen LogP contribution in [0.5, 0.6) is 0 Å². The molecule has 1 aliphatic heterocycles. The zero-order valence-corrected chi connectivity index (χ0v) is 14.7. The Hall–Kier alpha value is -0.910. The van der Waals surface area contributed by atoms with Crippen molar-refractivity contribution in [1.29, 1.82) is 0 Å². The van der Waals surface area contributed by atoms with Gasteiger partial charge in [0.15, 0.2) is 0 Å². The summed E-state index contributed by atoms with van der Waals surface area (Å²) in [6.45, 7) is 3.40. The van der Waals surface area contributed by atoms with Crippen molar-refractivity contribution in [1.82, 2.24) is 9.55 Å². The molecule has 2 heterocycles. The van der Waals surface area contributed by atoms with Crippen LogP contribution < -0.4 is 5.56 Å². The molecule has 1 saturated heterocycles. The Morgan fingerprint density at radius 3 is 3.05 bits per heavy atom. The average molecular weight is 386 g/mol. The van der Waals surface area contributed by atoms with Crippen molar-refractivity contribution in [3.8, 4) is 0 Å². The molecule has 6 heteroatoms. The molecule has 22 heavy (non-hydrogen) atoms. The molecule has 1 aromatic carbocycles. The highest BCUT2D eigenvalue weighted by Gasteiger charge is 2.19. The van der Waals surface area contributed by atoms with Crippen LogP contribution in [0.3, 0.4) is 0 Å². The lowest BCUT2D eigenvalue weighted by Crippen LogP contribution is -2.27. The average Bonchev–Trinajstić information content (AvgIpc) is 2.99. The molecule has 0 bridgehead atoms. The highest BCUT2D eigenvalue weighted by atomic mass is 79.9. The standard InChI is InChI=1S/C16H18BrClN2O2/c1-10(17)15-19-13-6-2-5-12(18)14(13)16(21)20(15)8-7-11-4-3-9-22-11/h2,5-6,10-11H,3-4,7-9H2,1H3. The monoisotopic (exact) mass is 384 g/mol. The van der Waals surface area contributed by atoms with Crippen molar-refractivity contribution in [2.45, 2.75) is 43.7 Å². The van der Waals surface area contributed by atoms with Crippen LogP contribution in [0.15, 0.2) is 23.0 Å². The predicted octanol–water partition coefficient (Wildman–Crippen LogP) is 4.07. The third-order valence-electron chi connectivity index (χ3n) is 4.02. The maximum Gasteiger partial charge on any atom is 0.262 e. The van der Waals surface area contributed by atoms with E-state index in [1.807, 2.05) is 19.1 Å². The van der Waals surface area contributed by atoms with Gasteiger partial charge >= 0.3 is 0 Å². The number of rotatable bonds is 4. The van der Waals surface area contributed by atoms with E-state index in [1.54, 1.807) is 10.6 Å². The van der Waals surface area contributed by atoms with Crippen LogP contribution in [0.1, 0.15) is 36.8 Å². The normalized spacial score (nSPS) is 19.7. The molecule has 0 radical (unpaired) electrons. The molecule has 0 saturated carbocycles. The van der Waals surface area contributed by atoms with Gasteiger partial charge in [-0.05, 0) is 38.3 Å². The molecule has 0 amide bonds. The third-order valence-corrected chi connectivity index (χ3v) is 4.74. The van der Waals surface area contributed by atoms with E-state index >= 15 is 0 Å². The number of ether oxygens (including phenoxy) is 1. The lowest BCUT2D eigenvalue weighted by atomic mass is 10.1. The van der Waals surface area contributed by atoms with E-state index in [0.29, 0.717) is 22.5 Å². The summed E-state index contributed by atoms with van der Waals surface area (Å²) in [5.41, 5.74) is 0.571. The summed E-state index contributed by atoms with van der Waals surface area (Å²) < 4.78 is 7.38. The van der Waals surface area contributed by atoms with E-state index in [0.717, 1.165) is 31.7 Å². The number of alkyl halides is 1. The molecule has 2 aromatic rings. The highest BCUT2D eigenvalue weighted by molar-refractivity contribution is 9.09. The largest absolute Gasteiger partial charge is 0.378 e. The summed E-state index contributed by atoms with van der Waals surface area (Å²) in [5.74, 6) is 0.734. The molecule has 0 N–H and O–H groups in total. The summed E-state index contributed by atoms with van der Waals surface area (Å²) in [7, 11) is 0. The zero-order chi connectivity index (χ0) is 15.7. The van der Waals surface area contributed by atoms with Crippen molar-refractivity contribution in [2.24, 2.45) is 0 Å². The fourth-order valence-corrected chi connectivity index (χ4v) is 3.51. The predicted molar refractivity (Wildman–Crippen MR) is 91.9 cm³/mol. The van der Waals surface area contributed by atoms with Crippen molar-refractivity contribution >= 4 is 38.4 Å². The molecule has 3 rings (SSSR count). The number of benzene rings is 1. The Morgan fingerprint density at radius 1 is 1.55 bits per heavy atom. The first-order chi connectivity index (χ1) is 10.6. The van der Waals surface area contributed by atoms with Gasteiger partial charge in [-0.2, -0.15) is 0 Å². The molecule has 1 aliphatic rings. The van der Waals surface area contributed by atoms with E-state index in [2.05, 4.69) is 20.9 Å². The summed E-state index contributed by atoms with van der Waals surface area (Å²) in [4.78, 5) is 17.5. The number of aromatic nitrogens is 2. The molecule has 1 fully saturated rings. The summed E-state index contributed by atoms with van der Waals surface area (Å²) in [6.07, 6.45) is 3.23. The van der Waals surface area contributed by atoms with Crippen LogP contribution in [0, 0.1) is 0 Å². The van der Waals surface area contributed by atoms with Gasteiger partial charge < -0.3 is 4.74 Å². The Kier molecular flexibility index (Phi) is 4.85. The zero-order valence-electron chi connectivity index (χ0n) is 12.4. The molecule has 0 spiro atoms. The van der Waals surface area contributed by atoms with Gasteiger partial charge in [0.25, 0.3) is 5.56 Å². The topological polar surface area (TPSA) is 44.1 Å². The minimum Gasteiger partial charge on any atom is -0.378 e. The smallest absolute Gasteiger partial charge is 0.262 e. The van der Waals surface area contributed by atoms with Gasteiger partial charge in [-0.1, -0.05) is 33.6 Å². The van der Waals surface area contributed by atoms with Crippen molar-refractivity contribution in [2.75, 3.05) is 6.61 Å². The number of hydrogen-bond donors (Lipinski definition) is 0. The first kappa shape index (κ1) is 16.0. The molecular formula is C16H18BrClN2O2. The lowest BCUT2D eigenvalue weighted by Gasteiger charge is -2.17. The van der Waals surface area contributed by atoms with Gasteiger partial charge in [0.05, 0.1) is 26.9 Å². The summed E-state index contributed by atoms with van der Waals surface area (Å²) in [5, 5.41) is 0.947. The van der Waals surface area contributed by atoms with Crippen LogP contribution in [0.25, 0.3) is 10.9 Å². The molecule has 0 aliphatic carbocycles. The summed E-state index contributed by atoms with van der Waals surface area (Å²) >= 11 is 9.74. The Morgan fingerprint density at radius 2 is 2.36 bits per heavy atom. The van der Waals surface area contributed by atoms with Crippen LogP contribution >= 0.6 is 27.5 Å². The van der Waals surface area contributed by atoms with Crippen LogP contribution in [-0.2, 0) is 11.3 Å². The van der Waals surface area contributed by atoms with Gasteiger partial charge in [0.2, 0.25) is 0 Å². The second-order valence-corrected chi connectivity index (χ2v) is 7.38. The minimum absolute atomic E-state index is 0.00641. The van der Waals surface area contributed by atoms with E-state index in [9.17, 15) is 4.79 Å².